The molecule has 146 valence electrons. The zero-order valence-corrected chi connectivity index (χ0v) is 18.4. The summed E-state index contributed by atoms with van der Waals surface area (Å²) in [6.07, 6.45) is 3.46. The monoisotopic (exact) mass is 416 g/mol. The number of aliphatic imine (C=N–C) groups is 1. The smallest absolute Gasteiger partial charge is 0.157 e. The summed E-state index contributed by atoms with van der Waals surface area (Å²) >= 11 is 3.60. The second-order valence-corrected chi connectivity index (χ2v) is 7.61. The van der Waals surface area contributed by atoms with Gasteiger partial charge in [0.2, 0.25) is 0 Å². The predicted molar refractivity (Wildman–Crippen MR) is 129 cm³/mol. The van der Waals surface area contributed by atoms with E-state index in [0.29, 0.717) is 0 Å². The number of hydrogen-bond acceptors (Lipinski definition) is 4. The maximum absolute atomic E-state index is 4.68. The van der Waals surface area contributed by atoms with Crippen molar-refractivity contribution in [1.29, 1.82) is 0 Å². The number of fused-ring (bicyclic) bond motifs is 1. The van der Waals surface area contributed by atoms with Gasteiger partial charge in [-0.25, -0.2) is 9.98 Å². The molecule has 0 spiro atoms. The molecule has 0 aliphatic carbocycles. The van der Waals surface area contributed by atoms with Crippen LogP contribution in [0, 0.1) is 0 Å². The Labute approximate surface area is 182 Å². The lowest BCUT2D eigenvalue weighted by molar-refractivity contribution is 0.898. The summed E-state index contributed by atoms with van der Waals surface area (Å²) in [5.41, 5.74) is 16.5. The number of hydrogen-bond donors (Lipinski definition) is 0. The van der Waals surface area contributed by atoms with Gasteiger partial charge in [-0.2, -0.15) is 0 Å². The lowest BCUT2D eigenvalue weighted by atomic mass is 10.2. The molecule has 0 saturated heterocycles. The summed E-state index contributed by atoms with van der Waals surface area (Å²) in [6.45, 7) is 15.0. The number of aromatic nitrogens is 1. The minimum Gasteiger partial charge on any atom is -0.228 e. The quantitative estimate of drug-likeness (QED) is 0.382. The number of nitrogens with zero attached hydrogens (tertiary/aromatic N) is 2. The van der Waals surface area contributed by atoms with Crippen molar-refractivity contribution in [2.24, 2.45) is 4.99 Å². The predicted octanol–water partition coefficient (Wildman–Crippen LogP) is 7.46. The molecule has 4 heteroatoms. The first-order chi connectivity index (χ1) is 14.2. The van der Waals surface area contributed by atoms with Crippen molar-refractivity contribution in [3.05, 3.63) is 95.9 Å². The molecule has 0 bridgehead atoms. The standard InChI is InChI=1S/C15H16N2S2.C6H4.C4H4/c1-2-3-8-19-14-10-11-6-7-12(16-15(11)17-14)13-5-4-9-18-13;1-3-5-6-4-2;1-3-4-2/h4-7,9H,2-3,8,10H2,1H3;1-2H2;1-2H2. The topological polar surface area (TPSA) is 25.2 Å². The van der Waals surface area contributed by atoms with E-state index in [-0.39, 0.29) is 0 Å². The summed E-state index contributed by atoms with van der Waals surface area (Å²) < 4.78 is 0. The summed E-state index contributed by atoms with van der Waals surface area (Å²) in [4.78, 5) is 10.6. The van der Waals surface area contributed by atoms with Crippen molar-refractivity contribution in [3.63, 3.8) is 0 Å². The van der Waals surface area contributed by atoms with E-state index in [1.165, 1.54) is 34.1 Å². The average Bonchev–Trinajstić information content (AvgIpc) is 3.42. The molecule has 2 aromatic rings. The first kappa shape index (κ1) is 24.1. The van der Waals surface area contributed by atoms with E-state index in [1.54, 1.807) is 11.3 Å². The van der Waals surface area contributed by atoms with Gasteiger partial charge in [0.15, 0.2) is 5.82 Å². The zero-order valence-electron chi connectivity index (χ0n) is 16.8. The first-order valence-corrected chi connectivity index (χ1v) is 10.9. The van der Waals surface area contributed by atoms with Crippen LogP contribution in [0.2, 0.25) is 0 Å². The number of thioether (sulfide) groups is 1. The van der Waals surface area contributed by atoms with Crippen molar-refractivity contribution < 1.29 is 0 Å². The minimum atomic E-state index is 0.921. The third-order valence-corrected chi connectivity index (χ3v) is 5.39. The highest BCUT2D eigenvalue weighted by Crippen LogP contribution is 2.32. The highest BCUT2D eigenvalue weighted by atomic mass is 32.2. The molecule has 2 nitrogen and oxygen atoms in total. The van der Waals surface area contributed by atoms with Crippen LogP contribution < -0.4 is 0 Å². The van der Waals surface area contributed by atoms with Crippen molar-refractivity contribution in [2.75, 3.05) is 5.75 Å². The Hall–Kier alpha value is -2.97. The average molecular weight is 417 g/mol. The molecule has 0 atom stereocenters. The van der Waals surface area contributed by atoms with Gasteiger partial charge in [-0.1, -0.05) is 48.4 Å². The molecular weight excluding hydrogens is 392 g/mol. The molecule has 0 fully saturated rings. The van der Waals surface area contributed by atoms with Crippen LogP contribution in [0.3, 0.4) is 0 Å². The van der Waals surface area contributed by atoms with Crippen molar-refractivity contribution in [2.45, 2.75) is 26.2 Å². The van der Waals surface area contributed by atoms with Crippen molar-refractivity contribution in [3.8, 4) is 10.6 Å². The maximum Gasteiger partial charge on any atom is 0.157 e. The normalized spacial score (nSPS) is 9.90. The van der Waals surface area contributed by atoms with E-state index in [9.17, 15) is 0 Å². The third kappa shape index (κ3) is 9.18. The zero-order chi connectivity index (χ0) is 21.3. The Morgan fingerprint density at radius 1 is 1.03 bits per heavy atom. The minimum absolute atomic E-state index is 0.921. The lowest BCUT2D eigenvalue weighted by Gasteiger charge is -1.99. The molecule has 0 radical (unpaired) electrons. The van der Waals surface area contributed by atoms with Crippen molar-refractivity contribution >= 4 is 34.0 Å². The fourth-order valence-electron chi connectivity index (χ4n) is 2.10. The number of unbranched alkanes of at least 4 members (excludes halogenated alkanes) is 1. The lowest BCUT2D eigenvalue weighted by Crippen LogP contribution is -1.93. The molecule has 1 aliphatic rings. The van der Waals surface area contributed by atoms with Crippen molar-refractivity contribution in [1.82, 2.24) is 4.98 Å². The van der Waals surface area contributed by atoms with Gasteiger partial charge in [0.05, 0.1) is 15.6 Å². The van der Waals surface area contributed by atoms with E-state index in [4.69, 9.17) is 0 Å². The molecule has 3 rings (SSSR count). The first-order valence-electron chi connectivity index (χ1n) is 9.02. The van der Waals surface area contributed by atoms with E-state index in [1.807, 2.05) is 11.8 Å². The van der Waals surface area contributed by atoms with Gasteiger partial charge in [-0.3, -0.25) is 0 Å². The summed E-state index contributed by atoms with van der Waals surface area (Å²) in [6, 6.07) is 8.45. The van der Waals surface area contributed by atoms with E-state index in [2.05, 4.69) is 107 Å². The Bertz CT molecular complexity index is 996. The third-order valence-electron chi connectivity index (χ3n) is 3.43. The van der Waals surface area contributed by atoms with Gasteiger partial charge in [0.25, 0.3) is 0 Å². The molecule has 2 aromatic heterocycles. The Morgan fingerprint density at radius 3 is 2.31 bits per heavy atom. The summed E-state index contributed by atoms with van der Waals surface area (Å²) in [5, 5.41) is 3.30. The SMILES string of the molecule is C=C=C=C.C=C=C=C=C=C.CCCCSC1=Nc2nc(-c3cccs3)ccc2C1. The van der Waals surface area contributed by atoms with Gasteiger partial charge in [-0.05, 0) is 67.5 Å². The molecule has 29 heavy (non-hydrogen) atoms. The number of thiophene rings is 1. The van der Waals surface area contributed by atoms with Gasteiger partial charge in [0.1, 0.15) is 0 Å². The summed E-state index contributed by atoms with van der Waals surface area (Å²) in [7, 11) is 0. The second-order valence-electron chi connectivity index (χ2n) is 5.50. The number of rotatable bonds is 4. The molecule has 0 aromatic carbocycles. The van der Waals surface area contributed by atoms with E-state index >= 15 is 0 Å². The van der Waals surface area contributed by atoms with E-state index < -0.39 is 0 Å². The molecule has 0 saturated carbocycles. The Balaban J connectivity index is 0.000000353. The van der Waals surface area contributed by atoms with Crippen LogP contribution >= 0.6 is 23.1 Å². The molecule has 0 unspecified atom stereocenters. The fourth-order valence-corrected chi connectivity index (χ4v) is 3.87. The van der Waals surface area contributed by atoms with Crippen LogP contribution in [0.4, 0.5) is 5.82 Å². The van der Waals surface area contributed by atoms with Crippen LogP contribution in [0.15, 0.2) is 95.3 Å². The fraction of sp³-hybridized carbons (Fsp3) is 0.200. The molecule has 3 heterocycles. The molecule has 0 amide bonds. The van der Waals surface area contributed by atoms with Crippen LogP contribution in [-0.2, 0) is 6.42 Å². The van der Waals surface area contributed by atoms with Gasteiger partial charge >= 0.3 is 0 Å². The highest BCUT2D eigenvalue weighted by Gasteiger charge is 2.17. The summed E-state index contributed by atoms with van der Waals surface area (Å²) in [5.74, 6) is 2.09. The molecule has 0 N–H and O–H groups in total. The molecule has 1 aliphatic heterocycles. The maximum atomic E-state index is 4.68. The largest absolute Gasteiger partial charge is 0.228 e. The Morgan fingerprint density at radius 2 is 1.76 bits per heavy atom. The van der Waals surface area contributed by atoms with Crippen LogP contribution in [0.25, 0.3) is 10.6 Å². The second kappa shape index (κ2) is 15.0. The van der Waals surface area contributed by atoms with Gasteiger partial charge < -0.3 is 0 Å². The Kier molecular flexibility index (Phi) is 12.5. The van der Waals surface area contributed by atoms with Crippen LogP contribution in [-0.4, -0.2) is 15.8 Å². The van der Waals surface area contributed by atoms with E-state index in [0.717, 1.165) is 17.9 Å². The van der Waals surface area contributed by atoms with Crippen LogP contribution in [0.1, 0.15) is 25.3 Å². The van der Waals surface area contributed by atoms with Gasteiger partial charge in [0, 0.05) is 12.0 Å². The van der Waals surface area contributed by atoms with Crippen LogP contribution in [0.5, 0.6) is 0 Å². The highest BCUT2D eigenvalue weighted by molar-refractivity contribution is 8.14. The van der Waals surface area contributed by atoms with Gasteiger partial charge in [-0.15, -0.1) is 23.1 Å². The molecular formula is C25H24N2S2. The number of pyridine rings is 1.